The van der Waals surface area contributed by atoms with Crippen molar-refractivity contribution in [1.82, 2.24) is 19.7 Å². The van der Waals surface area contributed by atoms with Gasteiger partial charge in [-0.2, -0.15) is 10.1 Å². The number of fused-ring (bicyclic) bond motifs is 1. The molecule has 7 nitrogen and oxygen atoms in total. The third kappa shape index (κ3) is 6.42. The van der Waals surface area contributed by atoms with E-state index in [0.29, 0.717) is 25.0 Å². The minimum Gasteiger partial charge on any atom is -0.494 e. The molecule has 9 heteroatoms. The standard InChI is InChI=1S/C20H28ClN5O2Si/c1-5-10-28-15-6-7-17-16(13-15)19(24-20(21)22-17)23-18-8-9-26(25-18)14-27-11-12-29(2,3)4/h6-9,13H,5,10-12,14H2,1-4H3,(H,22,23,24,25). The van der Waals surface area contributed by atoms with Gasteiger partial charge in [-0.3, -0.25) is 0 Å². The van der Waals surface area contributed by atoms with E-state index in [9.17, 15) is 0 Å². The van der Waals surface area contributed by atoms with Crippen LogP contribution in [0.1, 0.15) is 13.3 Å². The van der Waals surface area contributed by atoms with Gasteiger partial charge in [-0.15, -0.1) is 0 Å². The van der Waals surface area contributed by atoms with Gasteiger partial charge >= 0.3 is 0 Å². The molecule has 2 aromatic heterocycles. The fourth-order valence-electron chi connectivity index (χ4n) is 2.64. The van der Waals surface area contributed by atoms with E-state index in [4.69, 9.17) is 21.1 Å². The average Bonchev–Trinajstić information content (AvgIpc) is 3.10. The number of halogens is 1. The van der Waals surface area contributed by atoms with E-state index in [-0.39, 0.29) is 5.28 Å². The molecule has 0 radical (unpaired) electrons. The van der Waals surface area contributed by atoms with Crippen molar-refractivity contribution >= 4 is 42.2 Å². The maximum absolute atomic E-state index is 6.10. The number of hydrogen-bond acceptors (Lipinski definition) is 6. The topological polar surface area (TPSA) is 74.1 Å². The summed E-state index contributed by atoms with van der Waals surface area (Å²) < 4.78 is 13.2. The molecule has 0 aliphatic carbocycles. The predicted octanol–water partition coefficient (Wildman–Crippen LogP) is 5.32. The Labute approximate surface area is 177 Å². The number of hydrogen-bond donors (Lipinski definition) is 1. The molecule has 0 aliphatic heterocycles. The molecule has 1 aromatic carbocycles. The van der Waals surface area contributed by atoms with Crippen LogP contribution in [0.5, 0.6) is 5.75 Å². The molecule has 0 saturated heterocycles. The molecule has 0 bridgehead atoms. The Morgan fingerprint density at radius 2 is 1.97 bits per heavy atom. The van der Waals surface area contributed by atoms with Crippen LogP contribution in [0, 0.1) is 0 Å². The molecule has 3 aromatic rings. The number of rotatable bonds is 10. The number of anilines is 2. The van der Waals surface area contributed by atoms with Gasteiger partial charge < -0.3 is 14.8 Å². The second-order valence-electron chi connectivity index (χ2n) is 8.08. The first-order valence-corrected chi connectivity index (χ1v) is 13.9. The molecule has 156 valence electrons. The lowest BCUT2D eigenvalue weighted by Gasteiger charge is -2.15. The highest BCUT2D eigenvalue weighted by Crippen LogP contribution is 2.28. The van der Waals surface area contributed by atoms with Gasteiger partial charge in [0, 0.05) is 32.3 Å². The molecule has 2 heterocycles. The molecule has 1 N–H and O–H groups in total. The number of nitrogens with zero attached hydrogens (tertiary/aromatic N) is 4. The van der Waals surface area contributed by atoms with E-state index in [1.165, 1.54) is 0 Å². The Kier molecular flexibility index (Phi) is 7.10. The van der Waals surface area contributed by atoms with E-state index in [0.717, 1.165) is 35.7 Å². The Balaban J connectivity index is 1.71. The van der Waals surface area contributed by atoms with Gasteiger partial charge in [-0.25, -0.2) is 9.67 Å². The molecule has 3 rings (SSSR count). The first-order chi connectivity index (χ1) is 13.8. The summed E-state index contributed by atoms with van der Waals surface area (Å²) in [5.74, 6) is 2.02. The highest BCUT2D eigenvalue weighted by molar-refractivity contribution is 6.76. The Morgan fingerprint density at radius 1 is 1.14 bits per heavy atom. The van der Waals surface area contributed by atoms with E-state index in [1.807, 2.05) is 30.5 Å². The zero-order valence-electron chi connectivity index (χ0n) is 17.4. The molecule has 0 amide bonds. The van der Waals surface area contributed by atoms with E-state index >= 15 is 0 Å². The Hall–Kier alpha value is -2.16. The van der Waals surface area contributed by atoms with E-state index in [1.54, 1.807) is 4.68 Å². The number of nitrogens with one attached hydrogen (secondary N) is 1. The van der Waals surface area contributed by atoms with Crippen LogP contribution >= 0.6 is 11.6 Å². The average molecular weight is 434 g/mol. The summed E-state index contributed by atoms with van der Waals surface area (Å²) in [5, 5.41) is 8.74. The van der Waals surface area contributed by atoms with Crippen molar-refractivity contribution < 1.29 is 9.47 Å². The highest BCUT2D eigenvalue weighted by Gasteiger charge is 2.13. The van der Waals surface area contributed by atoms with Gasteiger partial charge in [0.2, 0.25) is 5.28 Å². The van der Waals surface area contributed by atoms with Gasteiger partial charge in [-0.05, 0) is 42.3 Å². The van der Waals surface area contributed by atoms with Gasteiger partial charge in [-0.1, -0.05) is 26.6 Å². The Morgan fingerprint density at radius 3 is 2.72 bits per heavy atom. The fraction of sp³-hybridized carbons (Fsp3) is 0.450. The second kappa shape index (κ2) is 9.56. The molecular formula is C20H28ClN5O2Si. The molecule has 0 saturated carbocycles. The monoisotopic (exact) mass is 433 g/mol. The van der Waals surface area contributed by atoms with E-state index in [2.05, 4.69) is 46.9 Å². The van der Waals surface area contributed by atoms with Crippen LogP contribution in [0.3, 0.4) is 0 Å². The van der Waals surface area contributed by atoms with Crippen LogP contribution in [0.4, 0.5) is 11.6 Å². The van der Waals surface area contributed by atoms with E-state index < -0.39 is 8.07 Å². The van der Waals surface area contributed by atoms with Crippen LogP contribution in [0.15, 0.2) is 30.5 Å². The van der Waals surface area contributed by atoms with Crippen molar-refractivity contribution in [2.75, 3.05) is 18.5 Å². The van der Waals surface area contributed by atoms with Crippen molar-refractivity contribution in [2.24, 2.45) is 0 Å². The van der Waals surface area contributed by atoms with Crippen LogP contribution in [0.25, 0.3) is 10.9 Å². The first kappa shape index (κ1) is 21.5. The van der Waals surface area contributed by atoms with Gasteiger partial charge in [0.05, 0.1) is 12.1 Å². The summed E-state index contributed by atoms with van der Waals surface area (Å²) in [5.41, 5.74) is 0.741. The summed E-state index contributed by atoms with van der Waals surface area (Å²) in [6.45, 7) is 10.9. The molecule has 0 unspecified atom stereocenters. The fourth-order valence-corrected chi connectivity index (χ4v) is 3.57. The van der Waals surface area contributed by atoms with Crippen LogP contribution < -0.4 is 10.1 Å². The number of aromatic nitrogens is 4. The van der Waals surface area contributed by atoms with Crippen molar-refractivity contribution in [2.45, 2.75) is 45.8 Å². The molecule has 0 atom stereocenters. The number of benzene rings is 1. The van der Waals surface area contributed by atoms with Crippen molar-refractivity contribution in [3.63, 3.8) is 0 Å². The minimum atomic E-state index is -1.09. The zero-order valence-corrected chi connectivity index (χ0v) is 19.2. The van der Waals surface area contributed by atoms with Gasteiger partial charge in [0.1, 0.15) is 18.3 Å². The third-order valence-electron chi connectivity index (χ3n) is 4.22. The minimum absolute atomic E-state index is 0.177. The summed E-state index contributed by atoms with van der Waals surface area (Å²) in [6, 6.07) is 8.69. The normalized spacial score (nSPS) is 11.8. The van der Waals surface area contributed by atoms with Crippen molar-refractivity contribution in [1.29, 1.82) is 0 Å². The lowest BCUT2D eigenvalue weighted by molar-refractivity contribution is 0.0788. The quantitative estimate of drug-likeness (QED) is 0.265. The molecular weight excluding hydrogens is 406 g/mol. The lowest BCUT2D eigenvalue weighted by atomic mass is 10.2. The summed E-state index contributed by atoms with van der Waals surface area (Å²) >= 11 is 6.10. The smallest absolute Gasteiger partial charge is 0.224 e. The first-order valence-electron chi connectivity index (χ1n) is 9.82. The summed E-state index contributed by atoms with van der Waals surface area (Å²) in [4.78, 5) is 8.63. The largest absolute Gasteiger partial charge is 0.494 e. The SMILES string of the molecule is CCCOc1ccc2nc(Cl)nc(Nc3ccn(COCC[Si](C)(C)C)n3)c2c1. The van der Waals surface area contributed by atoms with Crippen molar-refractivity contribution in [3.8, 4) is 5.75 Å². The van der Waals surface area contributed by atoms with Crippen molar-refractivity contribution in [3.05, 3.63) is 35.7 Å². The zero-order chi connectivity index (χ0) is 20.9. The van der Waals surface area contributed by atoms with Gasteiger partial charge in [0.15, 0.2) is 5.82 Å². The van der Waals surface area contributed by atoms with Crippen LogP contribution in [-0.2, 0) is 11.5 Å². The maximum atomic E-state index is 6.10. The highest BCUT2D eigenvalue weighted by atomic mass is 35.5. The predicted molar refractivity (Wildman–Crippen MR) is 120 cm³/mol. The number of ether oxygens (including phenoxy) is 2. The molecule has 0 spiro atoms. The second-order valence-corrected chi connectivity index (χ2v) is 14.0. The molecule has 0 aliphatic rings. The Bertz CT molecular complexity index is 958. The lowest BCUT2D eigenvalue weighted by Crippen LogP contribution is -2.22. The maximum Gasteiger partial charge on any atom is 0.224 e. The molecule has 29 heavy (non-hydrogen) atoms. The molecule has 0 fully saturated rings. The third-order valence-corrected chi connectivity index (χ3v) is 6.09. The summed E-state index contributed by atoms with van der Waals surface area (Å²) in [6.07, 6.45) is 2.81. The van der Waals surface area contributed by atoms with Gasteiger partial charge in [0.25, 0.3) is 0 Å². The van der Waals surface area contributed by atoms with Crippen LogP contribution in [-0.4, -0.2) is 41.0 Å². The van der Waals surface area contributed by atoms with Crippen LogP contribution in [0.2, 0.25) is 31.0 Å². The summed E-state index contributed by atoms with van der Waals surface area (Å²) in [7, 11) is -1.09.